The number of fused-ring (bicyclic) bond motifs is 2. The van der Waals surface area contributed by atoms with Gasteiger partial charge in [-0.1, -0.05) is 6.42 Å². The summed E-state index contributed by atoms with van der Waals surface area (Å²) in [6.07, 6.45) is 6.00. The Hall–Kier alpha value is -1.04. The van der Waals surface area contributed by atoms with Gasteiger partial charge < -0.3 is 5.32 Å². The lowest BCUT2D eigenvalue weighted by Gasteiger charge is -2.21. The van der Waals surface area contributed by atoms with Crippen LogP contribution in [0.1, 0.15) is 39.0 Å². The molecule has 0 radical (unpaired) electrons. The van der Waals surface area contributed by atoms with Crippen LogP contribution in [0.2, 0.25) is 0 Å². The number of carbonyl (C=O) groups excluding carboxylic acids is 1. The van der Waals surface area contributed by atoms with Gasteiger partial charge in [-0.25, -0.2) is 0 Å². The average Bonchev–Trinajstić information content (AvgIpc) is 2.87. The highest BCUT2D eigenvalue weighted by Gasteiger charge is 2.39. The Kier molecular flexibility index (Phi) is 3.48. The summed E-state index contributed by atoms with van der Waals surface area (Å²) in [5.74, 6) is 2.39. The smallest absolute Gasteiger partial charge is 0.220 e. The fourth-order valence-corrected chi connectivity index (χ4v) is 3.25. The number of nitrogens with zero attached hydrogens (tertiary/aromatic N) is 1. The van der Waals surface area contributed by atoms with E-state index in [1.807, 2.05) is 6.92 Å². The number of carbonyl (C=O) groups is 1. The van der Waals surface area contributed by atoms with Crippen LogP contribution in [0.5, 0.6) is 0 Å². The molecule has 2 saturated carbocycles. The predicted molar refractivity (Wildman–Crippen MR) is 61.3 cm³/mol. The number of nitrogens with one attached hydrogen (secondary N) is 1. The van der Waals surface area contributed by atoms with Gasteiger partial charge in [0.25, 0.3) is 0 Å². The topological polar surface area (TPSA) is 52.9 Å². The normalized spacial score (nSPS) is 33.4. The number of amides is 1. The standard InChI is InChI=1S/C13H20N2O/c1-9(7-14)8-15-13(16)6-12-5-10-2-3-11(12)4-10/h9-12H,2-6,8H2,1H3,(H,15,16). The van der Waals surface area contributed by atoms with Crippen molar-refractivity contribution in [1.29, 1.82) is 5.26 Å². The molecule has 0 aromatic rings. The molecule has 2 aliphatic carbocycles. The molecule has 88 valence electrons. The molecule has 2 rings (SSSR count). The largest absolute Gasteiger partial charge is 0.355 e. The van der Waals surface area contributed by atoms with Gasteiger partial charge in [0, 0.05) is 13.0 Å². The minimum absolute atomic E-state index is 0.0796. The molecule has 1 amide bonds. The highest BCUT2D eigenvalue weighted by molar-refractivity contribution is 5.76. The van der Waals surface area contributed by atoms with Crippen molar-refractivity contribution >= 4 is 5.91 Å². The highest BCUT2D eigenvalue weighted by Crippen LogP contribution is 2.49. The van der Waals surface area contributed by atoms with E-state index < -0.39 is 0 Å². The summed E-state index contributed by atoms with van der Waals surface area (Å²) in [6, 6.07) is 2.13. The Balaban J connectivity index is 1.70. The lowest BCUT2D eigenvalue weighted by atomic mass is 9.86. The molecule has 0 spiro atoms. The number of hydrogen-bond acceptors (Lipinski definition) is 2. The van der Waals surface area contributed by atoms with E-state index >= 15 is 0 Å². The van der Waals surface area contributed by atoms with Crippen LogP contribution in [-0.2, 0) is 4.79 Å². The number of nitriles is 1. The van der Waals surface area contributed by atoms with Crippen LogP contribution in [0.15, 0.2) is 0 Å². The minimum Gasteiger partial charge on any atom is -0.355 e. The molecule has 3 heteroatoms. The number of rotatable bonds is 4. The molecule has 2 aliphatic rings. The first kappa shape index (κ1) is 11.4. The van der Waals surface area contributed by atoms with Gasteiger partial charge >= 0.3 is 0 Å². The van der Waals surface area contributed by atoms with Crippen molar-refractivity contribution in [2.75, 3.05) is 6.54 Å². The molecule has 1 N–H and O–H groups in total. The zero-order chi connectivity index (χ0) is 11.5. The third-order valence-corrected chi connectivity index (χ3v) is 4.16. The Labute approximate surface area is 97.2 Å². The molecule has 16 heavy (non-hydrogen) atoms. The summed E-state index contributed by atoms with van der Waals surface area (Å²) >= 11 is 0. The summed E-state index contributed by atoms with van der Waals surface area (Å²) < 4.78 is 0. The van der Waals surface area contributed by atoms with Crippen molar-refractivity contribution in [3.63, 3.8) is 0 Å². The van der Waals surface area contributed by atoms with Crippen LogP contribution in [0.4, 0.5) is 0 Å². The number of hydrogen-bond donors (Lipinski definition) is 1. The van der Waals surface area contributed by atoms with E-state index in [-0.39, 0.29) is 11.8 Å². The maximum atomic E-state index is 11.7. The molecule has 0 saturated heterocycles. The maximum Gasteiger partial charge on any atom is 0.220 e. The van der Waals surface area contributed by atoms with Crippen LogP contribution in [0, 0.1) is 35.0 Å². The molecule has 0 heterocycles. The monoisotopic (exact) mass is 220 g/mol. The second kappa shape index (κ2) is 4.86. The van der Waals surface area contributed by atoms with Crippen LogP contribution >= 0.6 is 0 Å². The Morgan fingerprint density at radius 2 is 2.31 bits per heavy atom. The fraction of sp³-hybridized carbons (Fsp3) is 0.846. The van der Waals surface area contributed by atoms with Gasteiger partial charge in [0.15, 0.2) is 0 Å². The first-order valence-electron chi connectivity index (χ1n) is 6.35. The quantitative estimate of drug-likeness (QED) is 0.788. The van der Waals surface area contributed by atoms with E-state index in [0.29, 0.717) is 18.9 Å². The van der Waals surface area contributed by atoms with E-state index in [2.05, 4.69) is 11.4 Å². The predicted octanol–water partition coefficient (Wildman–Crippen LogP) is 2.09. The molecule has 0 aliphatic heterocycles. The zero-order valence-electron chi connectivity index (χ0n) is 9.91. The van der Waals surface area contributed by atoms with Crippen molar-refractivity contribution in [2.45, 2.75) is 39.0 Å². The summed E-state index contributed by atoms with van der Waals surface area (Å²) in [5, 5.41) is 11.5. The molecular weight excluding hydrogens is 200 g/mol. The molecule has 4 unspecified atom stereocenters. The van der Waals surface area contributed by atoms with Gasteiger partial charge in [-0.15, -0.1) is 0 Å². The first-order valence-corrected chi connectivity index (χ1v) is 6.35. The first-order chi connectivity index (χ1) is 7.69. The van der Waals surface area contributed by atoms with E-state index in [1.54, 1.807) is 0 Å². The lowest BCUT2D eigenvalue weighted by molar-refractivity contribution is -0.122. The second-order valence-corrected chi connectivity index (χ2v) is 5.47. The molecule has 3 nitrogen and oxygen atoms in total. The van der Waals surface area contributed by atoms with Crippen LogP contribution < -0.4 is 5.32 Å². The lowest BCUT2D eigenvalue weighted by Crippen LogP contribution is -2.30. The van der Waals surface area contributed by atoms with Gasteiger partial charge in [-0.3, -0.25) is 4.79 Å². The summed E-state index contributed by atoms with van der Waals surface area (Å²) in [7, 11) is 0. The Bertz CT molecular complexity index is 308. The SMILES string of the molecule is CC(C#N)CNC(=O)CC1CC2CCC1C2. The van der Waals surface area contributed by atoms with Crippen molar-refractivity contribution in [3.8, 4) is 6.07 Å². The van der Waals surface area contributed by atoms with Crippen LogP contribution in [0.25, 0.3) is 0 Å². The van der Waals surface area contributed by atoms with Gasteiger partial charge in [-0.05, 0) is 43.9 Å². The van der Waals surface area contributed by atoms with Gasteiger partial charge in [0.05, 0.1) is 12.0 Å². The van der Waals surface area contributed by atoms with E-state index in [1.165, 1.54) is 25.7 Å². The second-order valence-electron chi connectivity index (χ2n) is 5.47. The van der Waals surface area contributed by atoms with E-state index in [4.69, 9.17) is 5.26 Å². The zero-order valence-corrected chi connectivity index (χ0v) is 9.91. The molecular formula is C13H20N2O. The Morgan fingerprint density at radius 1 is 1.50 bits per heavy atom. The van der Waals surface area contributed by atoms with Crippen LogP contribution in [-0.4, -0.2) is 12.5 Å². The van der Waals surface area contributed by atoms with Gasteiger partial charge in [0.1, 0.15) is 0 Å². The summed E-state index contributed by atoms with van der Waals surface area (Å²) in [5.41, 5.74) is 0. The molecule has 2 bridgehead atoms. The van der Waals surface area contributed by atoms with Crippen molar-refractivity contribution in [3.05, 3.63) is 0 Å². The molecule has 0 aromatic heterocycles. The summed E-state index contributed by atoms with van der Waals surface area (Å²) in [6.45, 7) is 2.33. The minimum atomic E-state index is -0.0796. The molecule has 0 aromatic carbocycles. The van der Waals surface area contributed by atoms with Gasteiger partial charge in [-0.2, -0.15) is 5.26 Å². The molecule has 2 fully saturated rings. The third kappa shape index (κ3) is 2.55. The van der Waals surface area contributed by atoms with E-state index in [9.17, 15) is 4.79 Å². The fourth-order valence-electron chi connectivity index (χ4n) is 3.25. The molecule has 4 atom stereocenters. The van der Waals surface area contributed by atoms with Crippen molar-refractivity contribution in [2.24, 2.45) is 23.7 Å². The van der Waals surface area contributed by atoms with Crippen molar-refractivity contribution in [1.82, 2.24) is 5.32 Å². The van der Waals surface area contributed by atoms with Gasteiger partial charge in [0.2, 0.25) is 5.91 Å². The van der Waals surface area contributed by atoms with E-state index in [0.717, 1.165) is 11.8 Å². The average molecular weight is 220 g/mol. The maximum absolute atomic E-state index is 11.7. The Morgan fingerprint density at radius 3 is 2.88 bits per heavy atom. The highest BCUT2D eigenvalue weighted by atomic mass is 16.1. The summed E-state index contributed by atoms with van der Waals surface area (Å²) in [4.78, 5) is 11.7. The van der Waals surface area contributed by atoms with Crippen LogP contribution in [0.3, 0.4) is 0 Å². The third-order valence-electron chi connectivity index (χ3n) is 4.16. The van der Waals surface area contributed by atoms with Crippen molar-refractivity contribution < 1.29 is 4.79 Å².